The Morgan fingerprint density at radius 2 is 2.04 bits per heavy atom. The molecule has 1 N–H and O–H groups in total. The Kier molecular flexibility index (Phi) is 5.34. The van der Waals surface area contributed by atoms with E-state index in [2.05, 4.69) is 20.6 Å². The van der Waals surface area contributed by atoms with E-state index < -0.39 is 0 Å². The SMILES string of the molecule is CO[C@@H]1C[C@@H](c2nncn2C)N(C(=O)Nc2cn(C)nc2C2CCCCC2)C1. The zero-order valence-corrected chi connectivity index (χ0v) is 16.8. The van der Waals surface area contributed by atoms with Gasteiger partial charge >= 0.3 is 6.03 Å². The van der Waals surface area contributed by atoms with Gasteiger partial charge in [0.2, 0.25) is 0 Å². The number of hydrogen-bond acceptors (Lipinski definition) is 5. The molecule has 0 unspecified atom stereocenters. The Morgan fingerprint density at radius 1 is 1.25 bits per heavy atom. The van der Waals surface area contributed by atoms with Crippen LogP contribution in [0.1, 0.15) is 62.0 Å². The van der Waals surface area contributed by atoms with Crippen LogP contribution in [0.4, 0.5) is 10.5 Å². The number of nitrogens with zero attached hydrogens (tertiary/aromatic N) is 6. The molecule has 2 atom stereocenters. The molecule has 2 fully saturated rings. The normalized spacial score (nSPS) is 23.3. The van der Waals surface area contributed by atoms with Crippen LogP contribution < -0.4 is 5.32 Å². The maximum atomic E-state index is 13.2. The summed E-state index contributed by atoms with van der Waals surface area (Å²) in [7, 11) is 5.48. The average molecular weight is 387 g/mol. The quantitative estimate of drug-likeness (QED) is 0.871. The summed E-state index contributed by atoms with van der Waals surface area (Å²) in [5.74, 6) is 1.19. The van der Waals surface area contributed by atoms with Crippen molar-refractivity contribution in [2.45, 2.75) is 56.6 Å². The molecule has 2 aromatic rings. The van der Waals surface area contributed by atoms with Gasteiger partial charge in [0, 0.05) is 46.3 Å². The molecule has 2 aromatic heterocycles. The average Bonchev–Trinajstić information content (AvgIpc) is 3.40. The lowest BCUT2D eigenvalue weighted by molar-refractivity contribution is 0.111. The van der Waals surface area contributed by atoms with Gasteiger partial charge in [-0.25, -0.2) is 4.79 Å². The Labute approximate surface area is 165 Å². The van der Waals surface area contributed by atoms with Crippen LogP contribution in [0.25, 0.3) is 0 Å². The van der Waals surface area contributed by atoms with E-state index in [4.69, 9.17) is 4.74 Å². The molecule has 0 bridgehead atoms. The van der Waals surface area contributed by atoms with Gasteiger partial charge in [-0.2, -0.15) is 5.10 Å². The van der Waals surface area contributed by atoms with Gasteiger partial charge in [0.05, 0.1) is 23.5 Å². The standard InChI is InChI=1S/C19H29N7O2/c1-24-12-20-22-18(24)16-9-14(28-3)10-26(16)19(27)21-15-11-25(2)23-17(15)13-7-5-4-6-8-13/h11-14,16H,4-10H2,1-3H3,(H,21,27)/t14-,16+/m1/s1. The minimum Gasteiger partial charge on any atom is -0.380 e. The summed E-state index contributed by atoms with van der Waals surface area (Å²) < 4.78 is 9.19. The summed E-state index contributed by atoms with van der Waals surface area (Å²) in [6, 6.07) is -0.301. The van der Waals surface area contributed by atoms with Crippen LogP contribution in [-0.4, -0.2) is 55.2 Å². The van der Waals surface area contributed by atoms with E-state index in [0.717, 1.165) is 30.0 Å². The van der Waals surface area contributed by atoms with Gasteiger partial charge in [-0.3, -0.25) is 4.68 Å². The number of carbonyl (C=O) groups excluding carboxylic acids is 1. The molecule has 1 aliphatic carbocycles. The summed E-state index contributed by atoms with van der Waals surface area (Å²) in [6.45, 7) is 0.527. The lowest BCUT2D eigenvalue weighted by Crippen LogP contribution is -2.36. The Balaban J connectivity index is 1.55. The van der Waals surface area contributed by atoms with Crippen molar-refractivity contribution < 1.29 is 9.53 Å². The maximum Gasteiger partial charge on any atom is 0.322 e. The van der Waals surface area contributed by atoms with E-state index in [-0.39, 0.29) is 18.2 Å². The highest BCUT2D eigenvalue weighted by molar-refractivity contribution is 5.90. The fourth-order valence-corrected chi connectivity index (χ4v) is 4.50. The van der Waals surface area contributed by atoms with Crippen LogP contribution >= 0.6 is 0 Å². The van der Waals surface area contributed by atoms with E-state index >= 15 is 0 Å². The predicted octanol–water partition coefficient (Wildman–Crippen LogP) is 2.59. The van der Waals surface area contributed by atoms with E-state index in [9.17, 15) is 4.79 Å². The summed E-state index contributed by atoms with van der Waals surface area (Å²) in [5, 5.41) is 16.0. The first-order valence-corrected chi connectivity index (χ1v) is 10.0. The molecule has 9 nitrogen and oxygen atoms in total. The first-order valence-electron chi connectivity index (χ1n) is 10.0. The number of hydrogen-bond donors (Lipinski definition) is 1. The van der Waals surface area contributed by atoms with Gasteiger partial charge < -0.3 is 19.5 Å². The van der Waals surface area contributed by atoms with E-state index in [1.807, 2.05) is 24.9 Å². The summed E-state index contributed by atoms with van der Waals surface area (Å²) in [6.07, 6.45) is 10.3. The van der Waals surface area contributed by atoms with Crippen molar-refractivity contribution >= 4 is 11.7 Å². The van der Waals surface area contributed by atoms with Crippen LogP contribution in [0.5, 0.6) is 0 Å². The first-order chi connectivity index (χ1) is 13.6. The van der Waals surface area contributed by atoms with Crippen molar-refractivity contribution in [1.82, 2.24) is 29.4 Å². The molecule has 28 heavy (non-hydrogen) atoms. The minimum atomic E-state index is -0.160. The van der Waals surface area contributed by atoms with Crippen molar-refractivity contribution in [1.29, 1.82) is 0 Å². The minimum absolute atomic E-state index is 0.0147. The summed E-state index contributed by atoms with van der Waals surface area (Å²) >= 11 is 0. The molecule has 3 heterocycles. The van der Waals surface area contributed by atoms with Crippen LogP contribution in [-0.2, 0) is 18.8 Å². The Hall–Kier alpha value is -2.42. The molecule has 0 aromatic carbocycles. The number of methoxy groups -OCH3 is 1. The third-order valence-electron chi connectivity index (χ3n) is 5.99. The highest BCUT2D eigenvalue weighted by atomic mass is 16.5. The lowest BCUT2D eigenvalue weighted by atomic mass is 9.86. The topological polar surface area (TPSA) is 90.1 Å². The Bertz CT molecular complexity index is 824. The van der Waals surface area contributed by atoms with Crippen molar-refractivity contribution in [2.75, 3.05) is 19.0 Å². The second-order valence-corrected chi connectivity index (χ2v) is 7.93. The highest BCUT2D eigenvalue weighted by Crippen LogP contribution is 2.37. The second-order valence-electron chi connectivity index (χ2n) is 7.93. The number of aromatic nitrogens is 5. The van der Waals surface area contributed by atoms with E-state index in [0.29, 0.717) is 18.9 Å². The van der Waals surface area contributed by atoms with Gasteiger partial charge in [0.1, 0.15) is 6.33 Å². The zero-order valence-electron chi connectivity index (χ0n) is 16.8. The van der Waals surface area contributed by atoms with Gasteiger partial charge in [0.25, 0.3) is 0 Å². The number of carbonyl (C=O) groups is 1. The molecule has 4 rings (SSSR count). The molecule has 2 aliphatic rings. The number of nitrogens with one attached hydrogen (secondary N) is 1. The van der Waals surface area contributed by atoms with Gasteiger partial charge in [-0.1, -0.05) is 19.3 Å². The van der Waals surface area contributed by atoms with Crippen LogP contribution in [0, 0.1) is 0 Å². The van der Waals surface area contributed by atoms with Crippen molar-refractivity contribution in [3.05, 3.63) is 24.0 Å². The number of aryl methyl sites for hydroxylation is 2. The van der Waals surface area contributed by atoms with Gasteiger partial charge in [-0.05, 0) is 12.8 Å². The molecular weight excluding hydrogens is 358 g/mol. The smallest absolute Gasteiger partial charge is 0.322 e. The molecule has 9 heteroatoms. The predicted molar refractivity (Wildman–Crippen MR) is 104 cm³/mol. The van der Waals surface area contributed by atoms with Crippen LogP contribution in [0.15, 0.2) is 12.5 Å². The van der Waals surface area contributed by atoms with Crippen molar-refractivity contribution in [3.8, 4) is 0 Å². The maximum absolute atomic E-state index is 13.2. The monoisotopic (exact) mass is 387 g/mol. The van der Waals surface area contributed by atoms with Crippen LogP contribution in [0.2, 0.25) is 0 Å². The second kappa shape index (κ2) is 7.90. The fraction of sp³-hybridized carbons (Fsp3) is 0.684. The third-order valence-corrected chi connectivity index (χ3v) is 5.99. The fourth-order valence-electron chi connectivity index (χ4n) is 4.50. The molecule has 152 valence electrons. The van der Waals surface area contributed by atoms with Crippen molar-refractivity contribution in [2.24, 2.45) is 14.1 Å². The molecule has 0 radical (unpaired) electrons. The van der Waals surface area contributed by atoms with E-state index in [1.54, 1.807) is 23.0 Å². The summed E-state index contributed by atoms with van der Waals surface area (Å²) in [4.78, 5) is 15.0. The van der Waals surface area contributed by atoms with Crippen molar-refractivity contribution in [3.63, 3.8) is 0 Å². The molecule has 2 amide bonds. The first kappa shape index (κ1) is 18.9. The lowest BCUT2D eigenvalue weighted by Gasteiger charge is -2.25. The highest BCUT2D eigenvalue weighted by Gasteiger charge is 2.39. The van der Waals surface area contributed by atoms with Gasteiger partial charge in [-0.15, -0.1) is 10.2 Å². The van der Waals surface area contributed by atoms with Gasteiger partial charge in [0.15, 0.2) is 5.82 Å². The number of anilines is 1. The number of likely N-dealkylation sites (tertiary alicyclic amines) is 1. The number of amides is 2. The number of ether oxygens (including phenoxy) is 1. The zero-order chi connectivity index (χ0) is 19.7. The molecule has 1 saturated heterocycles. The number of urea groups is 1. The molecular formula is C19H29N7O2. The van der Waals surface area contributed by atoms with Crippen LogP contribution in [0.3, 0.4) is 0 Å². The molecule has 1 saturated carbocycles. The largest absolute Gasteiger partial charge is 0.380 e. The molecule has 0 spiro atoms. The molecule has 1 aliphatic heterocycles. The number of rotatable bonds is 4. The third kappa shape index (κ3) is 3.63. The summed E-state index contributed by atoms with van der Waals surface area (Å²) in [5.41, 5.74) is 1.82. The van der Waals surface area contributed by atoms with E-state index in [1.165, 1.54) is 19.3 Å². The Morgan fingerprint density at radius 3 is 2.71 bits per heavy atom.